The van der Waals surface area contributed by atoms with Gasteiger partial charge in [0.1, 0.15) is 0 Å². The van der Waals surface area contributed by atoms with Crippen molar-refractivity contribution < 1.29 is 14.3 Å². The molecule has 6 nitrogen and oxygen atoms in total. The summed E-state index contributed by atoms with van der Waals surface area (Å²) in [5, 5.41) is 0. The third-order valence-corrected chi connectivity index (χ3v) is 3.66. The minimum absolute atomic E-state index is 0.0919. The molecular weight excluding hydrogens is 284 g/mol. The van der Waals surface area contributed by atoms with Crippen LogP contribution in [0, 0.1) is 0 Å². The molecule has 1 aliphatic rings. The summed E-state index contributed by atoms with van der Waals surface area (Å²) in [7, 11) is 1.63. The first-order chi connectivity index (χ1) is 10.4. The first-order valence-electron chi connectivity index (χ1n) is 7.52. The zero-order valence-corrected chi connectivity index (χ0v) is 13.4. The Balaban J connectivity index is 1.93. The number of aryl methyl sites for hydroxylation is 1. The summed E-state index contributed by atoms with van der Waals surface area (Å²) in [6, 6.07) is 3.23. The van der Waals surface area contributed by atoms with Crippen molar-refractivity contribution in [1.82, 2.24) is 9.88 Å². The Hall–Kier alpha value is -1.66. The SMILES string of the molecule is COCC1CN(C(=O)CCc2ccc(=O)[nH]c2)CC(C)(C)O1. The second-order valence-corrected chi connectivity index (χ2v) is 6.29. The van der Waals surface area contributed by atoms with Crippen molar-refractivity contribution in [2.45, 2.75) is 38.4 Å². The molecule has 0 spiro atoms. The first kappa shape index (κ1) is 16.7. The number of carbonyl (C=O) groups is 1. The second-order valence-electron chi connectivity index (χ2n) is 6.29. The van der Waals surface area contributed by atoms with Gasteiger partial charge in [0, 0.05) is 38.9 Å². The molecule has 1 aromatic heterocycles. The average Bonchev–Trinajstić information content (AvgIpc) is 2.45. The molecule has 0 aliphatic carbocycles. The summed E-state index contributed by atoms with van der Waals surface area (Å²) in [6.07, 6.45) is 2.60. The molecule has 0 aromatic carbocycles. The third kappa shape index (κ3) is 4.68. The normalized spacial score (nSPS) is 20.9. The number of rotatable bonds is 5. The van der Waals surface area contributed by atoms with Crippen LogP contribution in [-0.4, -0.2) is 54.3 Å². The molecule has 22 heavy (non-hydrogen) atoms. The molecule has 1 atom stereocenters. The lowest BCUT2D eigenvalue weighted by molar-refractivity contribution is -0.168. The number of aromatic nitrogens is 1. The maximum absolute atomic E-state index is 12.4. The van der Waals surface area contributed by atoms with Crippen LogP contribution in [0.4, 0.5) is 0 Å². The largest absolute Gasteiger partial charge is 0.382 e. The summed E-state index contributed by atoms with van der Waals surface area (Å²) < 4.78 is 11.1. The molecule has 0 bridgehead atoms. The minimum atomic E-state index is -0.366. The summed E-state index contributed by atoms with van der Waals surface area (Å²) in [6.45, 7) is 5.58. The van der Waals surface area contributed by atoms with Crippen LogP contribution >= 0.6 is 0 Å². The predicted molar refractivity (Wildman–Crippen MR) is 82.8 cm³/mol. The van der Waals surface area contributed by atoms with Gasteiger partial charge in [0.05, 0.1) is 18.3 Å². The van der Waals surface area contributed by atoms with Crippen LogP contribution in [0.5, 0.6) is 0 Å². The molecule has 1 N–H and O–H groups in total. The van der Waals surface area contributed by atoms with Gasteiger partial charge in [0.2, 0.25) is 11.5 Å². The van der Waals surface area contributed by atoms with Crippen LogP contribution in [0.2, 0.25) is 0 Å². The van der Waals surface area contributed by atoms with Gasteiger partial charge >= 0.3 is 0 Å². The topological polar surface area (TPSA) is 71.6 Å². The van der Waals surface area contributed by atoms with E-state index < -0.39 is 0 Å². The number of nitrogens with one attached hydrogen (secondary N) is 1. The lowest BCUT2D eigenvalue weighted by Crippen LogP contribution is -2.55. The van der Waals surface area contributed by atoms with E-state index in [1.165, 1.54) is 6.07 Å². The van der Waals surface area contributed by atoms with Crippen LogP contribution in [0.15, 0.2) is 23.1 Å². The van der Waals surface area contributed by atoms with Gasteiger partial charge in [-0.2, -0.15) is 0 Å². The van der Waals surface area contributed by atoms with Crippen molar-refractivity contribution >= 4 is 5.91 Å². The summed E-state index contributed by atoms with van der Waals surface area (Å²) >= 11 is 0. The Kier molecular flexibility index (Phi) is 5.37. The molecule has 1 amide bonds. The Morgan fingerprint density at radius 2 is 2.27 bits per heavy atom. The number of morpholine rings is 1. The first-order valence-corrected chi connectivity index (χ1v) is 7.52. The van der Waals surface area contributed by atoms with Crippen LogP contribution in [0.3, 0.4) is 0 Å². The van der Waals surface area contributed by atoms with Crippen molar-refractivity contribution in [3.63, 3.8) is 0 Å². The monoisotopic (exact) mass is 308 g/mol. The fraction of sp³-hybridized carbons (Fsp3) is 0.625. The number of carbonyl (C=O) groups excluding carboxylic acids is 1. The van der Waals surface area contributed by atoms with Gasteiger partial charge in [-0.15, -0.1) is 0 Å². The molecule has 6 heteroatoms. The number of H-pyrrole nitrogens is 1. The number of ether oxygens (including phenoxy) is 2. The van der Waals surface area contributed by atoms with Crippen LogP contribution in [-0.2, 0) is 20.7 Å². The summed E-state index contributed by atoms with van der Waals surface area (Å²) in [5.74, 6) is 0.101. The second kappa shape index (κ2) is 7.07. The molecule has 0 radical (unpaired) electrons. The lowest BCUT2D eigenvalue weighted by atomic mass is 10.0. The minimum Gasteiger partial charge on any atom is -0.382 e. The zero-order chi connectivity index (χ0) is 16.2. The maximum Gasteiger partial charge on any atom is 0.247 e. The molecule has 122 valence electrons. The number of amides is 1. The summed E-state index contributed by atoms with van der Waals surface area (Å²) in [5.41, 5.74) is 0.455. The fourth-order valence-electron chi connectivity index (χ4n) is 2.77. The van der Waals surface area contributed by atoms with E-state index >= 15 is 0 Å². The van der Waals surface area contributed by atoms with Gasteiger partial charge in [-0.05, 0) is 25.8 Å². The van der Waals surface area contributed by atoms with E-state index in [0.29, 0.717) is 32.5 Å². The van der Waals surface area contributed by atoms with Crippen molar-refractivity contribution in [2.75, 3.05) is 26.8 Å². The van der Waals surface area contributed by atoms with E-state index in [4.69, 9.17) is 9.47 Å². The highest BCUT2D eigenvalue weighted by Crippen LogP contribution is 2.22. The van der Waals surface area contributed by atoms with Crippen LogP contribution < -0.4 is 5.56 Å². The molecule has 1 aliphatic heterocycles. The fourth-order valence-corrected chi connectivity index (χ4v) is 2.77. The average molecular weight is 308 g/mol. The lowest BCUT2D eigenvalue weighted by Gasteiger charge is -2.42. The number of hydrogen-bond acceptors (Lipinski definition) is 4. The number of nitrogens with zero attached hydrogens (tertiary/aromatic N) is 1. The summed E-state index contributed by atoms with van der Waals surface area (Å²) in [4.78, 5) is 27.9. The van der Waals surface area contributed by atoms with E-state index in [9.17, 15) is 9.59 Å². The van der Waals surface area contributed by atoms with E-state index in [-0.39, 0.29) is 23.2 Å². The standard InChI is InChI=1S/C16H24N2O4/c1-16(2)11-18(9-13(22-16)10-21-3)15(20)7-5-12-4-6-14(19)17-8-12/h4,6,8,13H,5,7,9-11H2,1-3H3,(H,17,19). The number of pyridine rings is 1. The number of aromatic amines is 1. The van der Waals surface area contributed by atoms with Gasteiger partial charge in [0.15, 0.2) is 0 Å². The smallest absolute Gasteiger partial charge is 0.247 e. The Morgan fingerprint density at radius 3 is 2.91 bits per heavy atom. The molecular formula is C16H24N2O4. The highest BCUT2D eigenvalue weighted by molar-refractivity contribution is 5.76. The van der Waals surface area contributed by atoms with E-state index in [0.717, 1.165) is 5.56 Å². The van der Waals surface area contributed by atoms with Gasteiger partial charge < -0.3 is 19.4 Å². The Bertz CT molecular complexity index is 547. The molecule has 2 rings (SSSR count). The molecule has 2 heterocycles. The van der Waals surface area contributed by atoms with Gasteiger partial charge in [0.25, 0.3) is 0 Å². The van der Waals surface area contributed by atoms with Crippen molar-refractivity contribution in [3.05, 3.63) is 34.2 Å². The highest BCUT2D eigenvalue weighted by atomic mass is 16.5. The molecule has 1 fully saturated rings. The zero-order valence-electron chi connectivity index (χ0n) is 13.4. The van der Waals surface area contributed by atoms with E-state index in [1.807, 2.05) is 18.7 Å². The number of hydrogen-bond donors (Lipinski definition) is 1. The van der Waals surface area contributed by atoms with Crippen molar-refractivity contribution in [1.29, 1.82) is 0 Å². The van der Waals surface area contributed by atoms with E-state index in [1.54, 1.807) is 19.4 Å². The molecule has 1 unspecified atom stereocenters. The van der Waals surface area contributed by atoms with Crippen molar-refractivity contribution in [3.8, 4) is 0 Å². The van der Waals surface area contributed by atoms with Crippen LogP contribution in [0.1, 0.15) is 25.8 Å². The van der Waals surface area contributed by atoms with E-state index in [2.05, 4.69) is 4.98 Å². The molecule has 0 saturated carbocycles. The Morgan fingerprint density at radius 1 is 1.50 bits per heavy atom. The third-order valence-electron chi connectivity index (χ3n) is 3.66. The van der Waals surface area contributed by atoms with Gasteiger partial charge in [-0.1, -0.05) is 6.07 Å². The molecule has 1 saturated heterocycles. The maximum atomic E-state index is 12.4. The molecule has 1 aromatic rings. The van der Waals surface area contributed by atoms with Crippen LogP contribution in [0.25, 0.3) is 0 Å². The quantitative estimate of drug-likeness (QED) is 0.879. The predicted octanol–water partition coefficient (Wildman–Crippen LogP) is 0.960. The van der Waals surface area contributed by atoms with Crippen molar-refractivity contribution in [2.24, 2.45) is 0 Å². The Labute approximate surface area is 130 Å². The number of methoxy groups -OCH3 is 1. The highest BCUT2D eigenvalue weighted by Gasteiger charge is 2.35. The van der Waals surface area contributed by atoms with Gasteiger partial charge in [-0.25, -0.2) is 0 Å². The van der Waals surface area contributed by atoms with Gasteiger partial charge in [-0.3, -0.25) is 9.59 Å².